The van der Waals surface area contributed by atoms with Crippen molar-refractivity contribution in [3.8, 4) is 11.8 Å². The summed E-state index contributed by atoms with van der Waals surface area (Å²) < 4.78 is 4.18. The Morgan fingerprint density at radius 3 is 2.40 bits per heavy atom. The highest BCUT2D eigenvalue weighted by Crippen LogP contribution is 1.76. The Hall–Kier alpha value is -1.30. The smallest absolute Gasteiger partial charge is 0.384 e. The van der Waals surface area contributed by atoms with Crippen molar-refractivity contribution in [1.29, 1.82) is 0 Å². The summed E-state index contributed by atoms with van der Waals surface area (Å²) in [7, 11) is 1.22. The SMILES string of the molecule is CCC(=O)C#CC(=O)OC. The molecular formula is C7H8O3. The molecule has 0 N–H and O–H groups in total. The third-order valence-corrected chi connectivity index (χ3v) is 0.810. The molecule has 0 aromatic rings. The van der Waals surface area contributed by atoms with E-state index in [1.807, 2.05) is 5.92 Å². The molecule has 0 fully saturated rings. The molecule has 0 aromatic heterocycles. The van der Waals surface area contributed by atoms with Crippen LogP contribution < -0.4 is 0 Å². The van der Waals surface area contributed by atoms with Crippen LogP contribution in [0.1, 0.15) is 13.3 Å². The molecular weight excluding hydrogens is 132 g/mol. The second-order valence-electron chi connectivity index (χ2n) is 1.52. The van der Waals surface area contributed by atoms with Crippen LogP contribution >= 0.6 is 0 Å². The average molecular weight is 140 g/mol. The van der Waals surface area contributed by atoms with Gasteiger partial charge in [-0.25, -0.2) is 4.79 Å². The van der Waals surface area contributed by atoms with Gasteiger partial charge in [0.15, 0.2) is 0 Å². The summed E-state index contributed by atoms with van der Waals surface area (Å²) in [6, 6.07) is 0. The molecule has 0 amide bonds. The maximum atomic E-state index is 10.5. The van der Waals surface area contributed by atoms with Gasteiger partial charge in [-0.3, -0.25) is 4.79 Å². The Morgan fingerprint density at radius 1 is 1.40 bits per heavy atom. The van der Waals surface area contributed by atoms with Crippen LogP contribution in [0.5, 0.6) is 0 Å². The normalized spacial score (nSPS) is 7.40. The summed E-state index contributed by atoms with van der Waals surface area (Å²) in [6.45, 7) is 1.67. The van der Waals surface area contributed by atoms with Crippen molar-refractivity contribution in [2.24, 2.45) is 0 Å². The van der Waals surface area contributed by atoms with Gasteiger partial charge in [-0.05, 0) is 5.92 Å². The van der Waals surface area contributed by atoms with Crippen LogP contribution in [0.25, 0.3) is 0 Å². The van der Waals surface area contributed by atoms with Crippen molar-refractivity contribution in [2.75, 3.05) is 7.11 Å². The van der Waals surface area contributed by atoms with Gasteiger partial charge in [0.25, 0.3) is 0 Å². The number of carbonyl (C=O) groups is 2. The van der Waals surface area contributed by atoms with Gasteiger partial charge in [0.05, 0.1) is 7.11 Å². The zero-order valence-electron chi connectivity index (χ0n) is 5.93. The topological polar surface area (TPSA) is 43.4 Å². The number of methoxy groups -OCH3 is 1. The van der Waals surface area contributed by atoms with Crippen LogP contribution in [0.3, 0.4) is 0 Å². The van der Waals surface area contributed by atoms with Crippen molar-refractivity contribution in [1.82, 2.24) is 0 Å². The summed E-state index contributed by atoms with van der Waals surface area (Å²) in [5.74, 6) is 3.20. The molecule has 0 unspecified atom stereocenters. The Balaban J connectivity index is 3.91. The summed E-state index contributed by atoms with van der Waals surface area (Å²) in [4.78, 5) is 20.7. The number of carbonyl (C=O) groups excluding carboxylic acids is 2. The van der Waals surface area contributed by atoms with E-state index in [-0.39, 0.29) is 5.78 Å². The Labute approximate surface area is 59.4 Å². The molecule has 0 heterocycles. The highest BCUT2D eigenvalue weighted by atomic mass is 16.5. The van der Waals surface area contributed by atoms with E-state index in [1.165, 1.54) is 7.11 Å². The predicted molar refractivity (Wildman–Crippen MR) is 35.1 cm³/mol. The van der Waals surface area contributed by atoms with Crippen molar-refractivity contribution in [3.05, 3.63) is 0 Å². The van der Waals surface area contributed by atoms with Gasteiger partial charge in [0.1, 0.15) is 0 Å². The summed E-state index contributed by atoms with van der Waals surface area (Å²) in [5, 5.41) is 0. The van der Waals surface area contributed by atoms with Gasteiger partial charge < -0.3 is 4.74 Å². The first-order chi connectivity index (χ1) is 4.70. The van der Waals surface area contributed by atoms with E-state index in [0.717, 1.165) is 0 Å². The highest BCUT2D eigenvalue weighted by molar-refractivity contribution is 6.01. The van der Waals surface area contributed by atoms with E-state index in [2.05, 4.69) is 10.7 Å². The molecule has 0 saturated heterocycles. The van der Waals surface area contributed by atoms with Crippen LogP contribution in [0.15, 0.2) is 0 Å². The molecule has 54 valence electrons. The van der Waals surface area contributed by atoms with E-state index in [9.17, 15) is 9.59 Å². The third-order valence-electron chi connectivity index (χ3n) is 0.810. The molecule has 0 atom stereocenters. The van der Waals surface area contributed by atoms with Crippen LogP contribution in [0.4, 0.5) is 0 Å². The number of rotatable bonds is 1. The van der Waals surface area contributed by atoms with Crippen LogP contribution in [0, 0.1) is 11.8 Å². The van der Waals surface area contributed by atoms with Gasteiger partial charge in [-0.1, -0.05) is 6.92 Å². The Morgan fingerprint density at radius 2 is 2.00 bits per heavy atom. The van der Waals surface area contributed by atoms with Crippen molar-refractivity contribution in [3.63, 3.8) is 0 Å². The molecule has 0 radical (unpaired) electrons. The number of hydrogen-bond donors (Lipinski definition) is 0. The monoisotopic (exact) mass is 140 g/mol. The second kappa shape index (κ2) is 4.57. The van der Waals surface area contributed by atoms with E-state index in [4.69, 9.17) is 0 Å². The molecule has 0 aromatic carbocycles. The first-order valence-electron chi connectivity index (χ1n) is 2.83. The van der Waals surface area contributed by atoms with Gasteiger partial charge in [-0.15, -0.1) is 0 Å². The van der Waals surface area contributed by atoms with Gasteiger partial charge in [0.2, 0.25) is 5.78 Å². The molecule has 0 rings (SSSR count). The fourth-order valence-corrected chi connectivity index (χ4v) is 0.260. The summed E-state index contributed by atoms with van der Waals surface area (Å²) in [6.07, 6.45) is 0.323. The molecule has 0 saturated carbocycles. The van der Waals surface area contributed by atoms with Gasteiger partial charge >= 0.3 is 5.97 Å². The fraction of sp³-hybridized carbons (Fsp3) is 0.429. The first kappa shape index (κ1) is 8.70. The molecule has 0 bridgehead atoms. The van der Waals surface area contributed by atoms with E-state index in [0.29, 0.717) is 6.42 Å². The lowest BCUT2D eigenvalue weighted by Gasteiger charge is -1.83. The van der Waals surface area contributed by atoms with Crippen molar-refractivity contribution in [2.45, 2.75) is 13.3 Å². The molecule has 3 heteroatoms. The van der Waals surface area contributed by atoms with Crippen molar-refractivity contribution < 1.29 is 14.3 Å². The zero-order chi connectivity index (χ0) is 7.98. The van der Waals surface area contributed by atoms with Gasteiger partial charge in [-0.2, -0.15) is 0 Å². The number of ketones is 1. The van der Waals surface area contributed by atoms with Crippen LogP contribution in [-0.2, 0) is 14.3 Å². The van der Waals surface area contributed by atoms with E-state index < -0.39 is 5.97 Å². The largest absolute Gasteiger partial charge is 0.459 e. The molecule has 3 nitrogen and oxygen atoms in total. The maximum Gasteiger partial charge on any atom is 0.384 e. The minimum absolute atomic E-state index is 0.259. The van der Waals surface area contributed by atoms with Gasteiger partial charge in [0, 0.05) is 12.3 Å². The standard InChI is InChI=1S/C7H8O3/c1-3-6(8)4-5-7(9)10-2/h3H2,1-2H3. The van der Waals surface area contributed by atoms with E-state index in [1.54, 1.807) is 6.92 Å². The number of Topliss-reactive ketones (excluding diaryl/α,β-unsaturated/α-hetero) is 1. The average Bonchev–Trinajstić information content (AvgIpc) is 1.99. The van der Waals surface area contributed by atoms with E-state index >= 15 is 0 Å². The third kappa shape index (κ3) is 3.67. The minimum Gasteiger partial charge on any atom is -0.459 e. The number of esters is 1. The molecule has 0 aliphatic heterocycles. The lowest BCUT2D eigenvalue weighted by atomic mass is 10.3. The lowest BCUT2D eigenvalue weighted by molar-refractivity contribution is -0.133. The minimum atomic E-state index is -0.679. The van der Waals surface area contributed by atoms with Crippen LogP contribution in [0.2, 0.25) is 0 Å². The Bertz CT molecular complexity index is 175. The quantitative estimate of drug-likeness (QED) is 0.225. The maximum absolute atomic E-state index is 10.5. The van der Waals surface area contributed by atoms with Crippen LogP contribution in [-0.4, -0.2) is 18.9 Å². The molecule has 0 spiro atoms. The fourth-order valence-electron chi connectivity index (χ4n) is 0.260. The molecule has 10 heavy (non-hydrogen) atoms. The number of hydrogen-bond acceptors (Lipinski definition) is 3. The Kier molecular flexibility index (Phi) is 3.97. The zero-order valence-corrected chi connectivity index (χ0v) is 5.93. The van der Waals surface area contributed by atoms with Crippen molar-refractivity contribution >= 4 is 11.8 Å². The number of ether oxygens (including phenoxy) is 1. The molecule has 0 aliphatic rings. The summed E-state index contributed by atoms with van der Waals surface area (Å²) in [5.41, 5.74) is 0. The molecule has 0 aliphatic carbocycles. The summed E-state index contributed by atoms with van der Waals surface area (Å²) >= 11 is 0. The predicted octanol–water partition coefficient (Wildman–Crippen LogP) is 0.142. The first-order valence-corrected chi connectivity index (χ1v) is 2.83. The highest BCUT2D eigenvalue weighted by Gasteiger charge is 1.92. The lowest BCUT2D eigenvalue weighted by Crippen LogP contribution is -1.97. The second-order valence-corrected chi connectivity index (χ2v) is 1.52.